The standard InChI is InChI=1S/C52H81NO13/c1-30-17-13-12-14-18-31(2)43(62-9)28-39-22-20-35(6)52(61,66-39)49(58)50(59)53-24-16-15-19-40(53)51(60)65-44(33(4)26-38-21-23-41(54)45(27-38)63-10)29-42(55)32(3)25-34(5)46(56)48(64-11)47(57)37(8)36(30)7/h12-14,17-18,25,30,32-33,35-41,43-46,48,54,56,61H,15-16,19-24,26-29H2,1-11H3/b14-12+,17-13+,31-18+,34-25+/t30-,32-,33-,35-,36?,37-,38+,39+,40+,41-,43+,44+,45-,46-,48-,52-/m1/s1/i30D,36D. The van der Waals surface area contributed by atoms with Gasteiger partial charge in [-0.05, 0) is 106 Å². The molecule has 66 heavy (non-hydrogen) atoms. The molecule has 0 radical (unpaired) electrons. The number of Topliss-reactive ketones (excluding diaryl/α,β-unsaturated/α-hetero) is 3. The van der Waals surface area contributed by atoms with Crippen molar-refractivity contribution in [3.63, 3.8) is 0 Å². The molecular formula is C52H81NO13. The fourth-order valence-electron chi connectivity index (χ4n) is 9.96. The second-order valence-corrected chi connectivity index (χ2v) is 19.5. The third-order valence-corrected chi connectivity index (χ3v) is 14.9. The Morgan fingerprint density at radius 3 is 2.26 bits per heavy atom. The van der Waals surface area contributed by atoms with Gasteiger partial charge in [0.25, 0.3) is 11.7 Å². The molecule has 4 aliphatic rings. The predicted octanol–water partition coefficient (Wildman–Crippen LogP) is 6.43. The SMILES string of the molecule is [2H]C1(C)[C@@H](C)C(=O)[C@H](OC)[C@H](O)/C(C)=C/[C@@H](C)C(=O)C[C@@H]([C@H](C)C[C@@H]2CC[C@@H](O)[C@H](OC)C2)OC(=O)[C@@H]2CCCCN2C(=O)C(=O)[C@]2(O)O[C@@H](CC[C@H]2C)C[C@H](OC)/C(C)=C/C=C/C=C/[C@@]1([2H])C. The summed E-state index contributed by atoms with van der Waals surface area (Å²) < 4.78 is 47.7. The van der Waals surface area contributed by atoms with Gasteiger partial charge in [0, 0.05) is 61.2 Å². The Morgan fingerprint density at radius 2 is 1.59 bits per heavy atom. The number of ether oxygens (including phenoxy) is 5. The van der Waals surface area contributed by atoms with Crippen LogP contribution < -0.4 is 0 Å². The third-order valence-electron chi connectivity index (χ3n) is 14.9. The van der Waals surface area contributed by atoms with E-state index in [1.165, 1.54) is 52.0 Å². The van der Waals surface area contributed by atoms with Crippen LogP contribution in [-0.2, 0) is 47.7 Å². The summed E-state index contributed by atoms with van der Waals surface area (Å²) in [6.07, 6.45) is 8.35. The Labute approximate surface area is 396 Å². The topological polar surface area (TPSA) is 195 Å². The molecule has 14 nitrogen and oxygen atoms in total. The van der Waals surface area contributed by atoms with Crippen LogP contribution in [0.25, 0.3) is 0 Å². The van der Waals surface area contributed by atoms with Crippen LogP contribution in [0.15, 0.2) is 47.6 Å². The molecule has 3 N–H and O–H groups in total. The highest BCUT2D eigenvalue weighted by atomic mass is 16.6. The average molecular weight is 930 g/mol. The number of aliphatic hydroxyl groups is 3. The maximum absolute atomic E-state index is 14.4. The van der Waals surface area contributed by atoms with Gasteiger partial charge in [0.15, 0.2) is 5.78 Å². The zero-order valence-electron chi connectivity index (χ0n) is 43.3. The van der Waals surface area contributed by atoms with Crippen molar-refractivity contribution in [2.24, 2.45) is 41.4 Å². The van der Waals surface area contributed by atoms with E-state index in [4.69, 9.17) is 25.1 Å². The summed E-state index contributed by atoms with van der Waals surface area (Å²) in [5.41, 5.74) is 1.06. The molecule has 3 aliphatic heterocycles. The largest absolute Gasteiger partial charge is 0.460 e. The van der Waals surface area contributed by atoms with Crippen molar-refractivity contribution in [3.8, 4) is 0 Å². The lowest BCUT2D eigenvalue weighted by molar-refractivity contribution is -0.265. The number of carbonyl (C=O) groups excluding carboxylic acids is 5. The number of rotatable bonds is 6. The maximum Gasteiger partial charge on any atom is 0.329 e. The first-order valence-electron chi connectivity index (χ1n) is 25.0. The number of methoxy groups -OCH3 is 3. The molecular weight excluding hydrogens is 847 g/mol. The third kappa shape index (κ3) is 13.9. The molecule has 14 heteroatoms. The number of amides is 1. The number of hydrogen-bond donors (Lipinski definition) is 3. The van der Waals surface area contributed by atoms with Gasteiger partial charge in [-0.15, -0.1) is 0 Å². The van der Waals surface area contributed by atoms with Crippen molar-refractivity contribution < 1.29 is 65.7 Å². The zero-order valence-corrected chi connectivity index (χ0v) is 41.3. The number of carbonyl (C=O) groups is 5. The van der Waals surface area contributed by atoms with E-state index in [1.54, 1.807) is 46.1 Å². The summed E-state index contributed by atoms with van der Waals surface area (Å²) >= 11 is 0. The normalized spacial score (nSPS) is 43.8. The maximum atomic E-state index is 14.4. The number of fused-ring (bicyclic) bond motifs is 3. The number of aliphatic hydroxyl groups excluding tert-OH is 2. The number of esters is 1. The molecule has 372 valence electrons. The fraction of sp³-hybridized carbons (Fsp3) is 0.750. The van der Waals surface area contributed by atoms with Crippen molar-refractivity contribution in [2.45, 2.75) is 181 Å². The van der Waals surface area contributed by atoms with Crippen molar-refractivity contribution >= 4 is 29.2 Å². The summed E-state index contributed by atoms with van der Waals surface area (Å²) in [5, 5.41) is 34.0. The Balaban J connectivity index is 1.75. The number of ketones is 3. The lowest BCUT2D eigenvalue weighted by Crippen LogP contribution is -2.61. The van der Waals surface area contributed by atoms with E-state index in [-0.39, 0.29) is 55.1 Å². The molecule has 0 spiro atoms. The number of nitrogens with zero attached hydrogens (tertiary/aromatic N) is 1. The van der Waals surface area contributed by atoms with E-state index in [2.05, 4.69) is 0 Å². The number of cyclic esters (lactones) is 1. The molecule has 16 atom stereocenters. The van der Waals surface area contributed by atoms with Crippen LogP contribution in [-0.4, -0.2) is 132 Å². The lowest BCUT2D eigenvalue weighted by atomic mass is 9.78. The van der Waals surface area contributed by atoms with E-state index in [0.717, 1.165) is 5.57 Å². The van der Waals surface area contributed by atoms with Crippen LogP contribution in [0.1, 0.15) is 129 Å². The fourth-order valence-corrected chi connectivity index (χ4v) is 9.96. The summed E-state index contributed by atoms with van der Waals surface area (Å²) in [6.45, 7) is 13.2. The Hall–Kier alpha value is -3.37. The van der Waals surface area contributed by atoms with Crippen molar-refractivity contribution in [1.29, 1.82) is 0 Å². The van der Waals surface area contributed by atoms with Gasteiger partial charge in [0.05, 0.1) is 24.4 Å². The van der Waals surface area contributed by atoms with Gasteiger partial charge in [-0.2, -0.15) is 0 Å². The monoisotopic (exact) mass is 930 g/mol. The zero-order chi connectivity index (χ0) is 50.9. The highest BCUT2D eigenvalue weighted by molar-refractivity contribution is 6.39. The summed E-state index contributed by atoms with van der Waals surface area (Å²) in [7, 11) is 4.36. The smallest absolute Gasteiger partial charge is 0.329 e. The van der Waals surface area contributed by atoms with Gasteiger partial charge in [-0.25, -0.2) is 4.79 Å². The Bertz CT molecular complexity index is 1900. The summed E-state index contributed by atoms with van der Waals surface area (Å²) in [4.78, 5) is 72.3. The molecule has 1 unspecified atom stereocenters. The van der Waals surface area contributed by atoms with Gasteiger partial charge in [-0.1, -0.05) is 78.0 Å². The molecule has 1 saturated carbocycles. The Morgan fingerprint density at radius 1 is 0.879 bits per heavy atom. The second-order valence-electron chi connectivity index (χ2n) is 19.5. The molecule has 0 aromatic heterocycles. The van der Waals surface area contributed by atoms with Crippen LogP contribution in [0.4, 0.5) is 0 Å². The quantitative estimate of drug-likeness (QED) is 0.150. The molecule has 3 heterocycles. The van der Waals surface area contributed by atoms with E-state index in [0.29, 0.717) is 51.4 Å². The minimum atomic E-state index is -2.47. The first-order chi connectivity index (χ1) is 31.8. The number of piperidine rings is 1. The molecule has 2 bridgehead atoms. The second kappa shape index (κ2) is 25.3. The molecule has 4 rings (SSSR count). The van der Waals surface area contributed by atoms with E-state index >= 15 is 0 Å². The van der Waals surface area contributed by atoms with Gasteiger partial charge in [0.2, 0.25) is 5.79 Å². The van der Waals surface area contributed by atoms with Crippen LogP contribution in [0.3, 0.4) is 0 Å². The minimum Gasteiger partial charge on any atom is -0.460 e. The predicted molar refractivity (Wildman–Crippen MR) is 250 cm³/mol. The number of hydrogen-bond acceptors (Lipinski definition) is 13. The van der Waals surface area contributed by atoms with E-state index in [9.17, 15) is 40.7 Å². The Kier molecular flexibility index (Phi) is 19.9. The molecule has 1 amide bonds. The van der Waals surface area contributed by atoms with E-state index in [1.807, 2.05) is 19.9 Å². The lowest BCUT2D eigenvalue weighted by Gasteiger charge is -2.42. The molecule has 0 aromatic carbocycles. The molecule has 1 aliphatic carbocycles. The first-order valence-corrected chi connectivity index (χ1v) is 24.0. The van der Waals surface area contributed by atoms with Crippen LogP contribution >= 0.6 is 0 Å². The molecule has 3 fully saturated rings. The highest BCUT2D eigenvalue weighted by Crippen LogP contribution is 2.38. The van der Waals surface area contributed by atoms with Gasteiger partial charge in [0.1, 0.15) is 30.1 Å². The first kappa shape index (κ1) is 52.0. The van der Waals surface area contributed by atoms with E-state index < -0.39 is 101 Å². The van der Waals surface area contributed by atoms with Gasteiger partial charge >= 0.3 is 5.97 Å². The average Bonchev–Trinajstić information content (AvgIpc) is 3.30. The minimum absolute atomic E-state index is 0.0634. The van der Waals surface area contributed by atoms with Crippen molar-refractivity contribution in [1.82, 2.24) is 4.90 Å². The van der Waals surface area contributed by atoms with Gasteiger partial charge in [-0.3, -0.25) is 19.2 Å². The van der Waals surface area contributed by atoms with Crippen molar-refractivity contribution in [2.75, 3.05) is 27.9 Å². The van der Waals surface area contributed by atoms with Gasteiger partial charge < -0.3 is 43.9 Å². The van der Waals surface area contributed by atoms with Crippen LogP contribution in [0.2, 0.25) is 0 Å². The highest BCUT2D eigenvalue weighted by Gasteiger charge is 2.53. The molecule has 0 aromatic rings. The summed E-state index contributed by atoms with van der Waals surface area (Å²) in [5.74, 6) is -12.6. The number of allylic oxidation sites excluding steroid dienone is 6. The molecule has 2 saturated heterocycles. The van der Waals surface area contributed by atoms with Crippen LogP contribution in [0, 0.1) is 41.4 Å². The van der Waals surface area contributed by atoms with Crippen molar-refractivity contribution in [3.05, 3.63) is 47.6 Å². The van der Waals surface area contributed by atoms with Crippen LogP contribution in [0.5, 0.6) is 0 Å². The summed E-state index contributed by atoms with van der Waals surface area (Å²) in [6, 6.07) is -1.17.